The maximum atomic E-state index is 13.5. The number of nitrogens with zero attached hydrogens (tertiary/aromatic N) is 1. The fraction of sp³-hybridized carbons (Fsp3) is 0.310. The van der Waals surface area contributed by atoms with Gasteiger partial charge in [-0.15, -0.1) is 0 Å². The quantitative estimate of drug-likeness (QED) is 0.393. The van der Waals surface area contributed by atoms with E-state index in [9.17, 15) is 9.59 Å². The fourth-order valence-electron chi connectivity index (χ4n) is 3.88. The van der Waals surface area contributed by atoms with Gasteiger partial charge in [0, 0.05) is 25.9 Å². The molecule has 3 aromatic carbocycles. The van der Waals surface area contributed by atoms with Crippen molar-refractivity contribution in [2.24, 2.45) is 0 Å². The van der Waals surface area contributed by atoms with Crippen LogP contribution in [0.1, 0.15) is 42.9 Å². The Morgan fingerprint density at radius 3 is 1.91 bits per heavy atom. The first-order valence-electron chi connectivity index (χ1n) is 11.9. The smallest absolute Gasteiger partial charge is 0.243 e. The second-order valence-corrected chi connectivity index (χ2v) is 8.34. The number of carbonyl (C=O) groups excluding carboxylic acids is 2. The summed E-state index contributed by atoms with van der Waals surface area (Å²) in [5, 5.41) is 3.07. The molecule has 0 saturated heterocycles. The van der Waals surface area contributed by atoms with Crippen LogP contribution < -0.4 is 5.32 Å². The van der Waals surface area contributed by atoms with Gasteiger partial charge in [0.25, 0.3) is 0 Å². The summed E-state index contributed by atoms with van der Waals surface area (Å²) in [6, 6.07) is 29.3. The first kappa shape index (κ1) is 24.2. The number of hydrogen-bond acceptors (Lipinski definition) is 2. The molecule has 0 aliphatic heterocycles. The highest BCUT2D eigenvalue weighted by Gasteiger charge is 2.30. The first-order chi connectivity index (χ1) is 16.2. The van der Waals surface area contributed by atoms with E-state index in [1.54, 1.807) is 4.90 Å². The van der Waals surface area contributed by atoms with E-state index >= 15 is 0 Å². The number of carbonyl (C=O) groups is 2. The molecule has 0 aliphatic carbocycles. The molecule has 0 bridgehead atoms. The summed E-state index contributed by atoms with van der Waals surface area (Å²) in [7, 11) is 0. The van der Waals surface area contributed by atoms with Gasteiger partial charge in [-0.25, -0.2) is 0 Å². The van der Waals surface area contributed by atoms with Gasteiger partial charge in [-0.2, -0.15) is 0 Å². The minimum Gasteiger partial charge on any atom is -0.354 e. The summed E-state index contributed by atoms with van der Waals surface area (Å²) in [6.45, 7) is 3.13. The molecule has 0 heterocycles. The lowest BCUT2D eigenvalue weighted by atomic mass is 10.0. The number of hydrogen-bond donors (Lipinski definition) is 1. The van der Waals surface area contributed by atoms with Gasteiger partial charge < -0.3 is 10.2 Å². The van der Waals surface area contributed by atoms with Gasteiger partial charge in [0.1, 0.15) is 6.04 Å². The van der Waals surface area contributed by atoms with E-state index in [0.29, 0.717) is 32.4 Å². The highest BCUT2D eigenvalue weighted by Crippen LogP contribution is 2.17. The molecule has 1 atom stereocenters. The Hall–Kier alpha value is -3.40. The maximum absolute atomic E-state index is 13.5. The van der Waals surface area contributed by atoms with Crippen molar-refractivity contribution >= 4 is 11.8 Å². The van der Waals surface area contributed by atoms with E-state index in [1.807, 2.05) is 91.0 Å². The van der Waals surface area contributed by atoms with Crippen LogP contribution in [0.15, 0.2) is 91.0 Å². The van der Waals surface area contributed by atoms with Crippen molar-refractivity contribution in [2.45, 2.75) is 51.6 Å². The van der Waals surface area contributed by atoms with Crippen molar-refractivity contribution < 1.29 is 9.59 Å². The Morgan fingerprint density at radius 2 is 1.33 bits per heavy atom. The second kappa shape index (κ2) is 13.2. The van der Waals surface area contributed by atoms with Gasteiger partial charge >= 0.3 is 0 Å². The Bertz CT molecular complexity index is 974. The minimum atomic E-state index is -0.562. The molecule has 0 unspecified atom stereocenters. The molecule has 4 nitrogen and oxygen atoms in total. The van der Waals surface area contributed by atoms with Gasteiger partial charge in [0.15, 0.2) is 0 Å². The zero-order valence-corrected chi connectivity index (χ0v) is 19.5. The lowest BCUT2D eigenvalue weighted by molar-refractivity contribution is -0.141. The van der Waals surface area contributed by atoms with Crippen LogP contribution in [0.3, 0.4) is 0 Å². The van der Waals surface area contributed by atoms with Crippen molar-refractivity contribution in [3.8, 4) is 0 Å². The highest BCUT2D eigenvalue weighted by atomic mass is 16.2. The van der Waals surface area contributed by atoms with Crippen molar-refractivity contribution in [2.75, 3.05) is 6.54 Å². The third kappa shape index (κ3) is 7.90. The number of benzene rings is 3. The lowest BCUT2D eigenvalue weighted by Crippen LogP contribution is -2.50. The van der Waals surface area contributed by atoms with E-state index in [4.69, 9.17) is 0 Å². The minimum absolute atomic E-state index is 0.00530. The SMILES string of the molecule is CCCCNC(=O)[C@@H](Cc1ccccc1)N(Cc1ccccc1)C(=O)CCc1ccccc1. The van der Waals surface area contributed by atoms with Gasteiger partial charge in [0.05, 0.1) is 0 Å². The molecule has 3 aromatic rings. The van der Waals surface area contributed by atoms with Crippen LogP contribution in [-0.2, 0) is 29.0 Å². The predicted octanol–water partition coefficient (Wildman–Crippen LogP) is 5.18. The summed E-state index contributed by atoms with van der Waals surface area (Å²) in [5.74, 6) is -0.0921. The topological polar surface area (TPSA) is 49.4 Å². The van der Waals surface area contributed by atoms with Crippen LogP contribution >= 0.6 is 0 Å². The number of rotatable bonds is 12. The summed E-state index contributed by atoms with van der Waals surface area (Å²) < 4.78 is 0. The van der Waals surface area contributed by atoms with Gasteiger partial charge in [-0.1, -0.05) is 104 Å². The molecular weight excluding hydrogens is 408 g/mol. The molecule has 0 saturated carbocycles. The maximum Gasteiger partial charge on any atom is 0.243 e. The van der Waals surface area contributed by atoms with Crippen LogP contribution in [0.4, 0.5) is 0 Å². The van der Waals surface area contributed by atoms with E-state index in [1.165, 1.54) is 0 Å². The Balaban J connectivity index is 1.85. The molecule has 0 aliphatic rings. The Morgan fingerprint density at radius 1 is 0.788 bits per heavy atom. The summed E-state index contributed by atoms with van der Waals surface area (Å²) in [4.78, 5) is 28.6. The average molecular weight is 443 g/mol. The van der Waals surface area contributed by atoms with Crippen molar-refractivity contribution in [1.29, 1.82) is 0 Å². The standard InChI is InChI=1S/C29H34N2O2/c1-2-3-21-30-29(33)27(22-25-15-9-5-10-16-25)31(23-26-17-11-6-12-18-26)28(32)20-19-24-13-7-4-8-14-24/h4-18,27H,2-3,19-23H2,1H3,(H,30,33)/t27-/m1/s1. The first-order valence-corrected chi connectivity index (χ1v) is 11.9. The highest BCUT2D eigenvalue weighted by molar-refractivity contribution is 5.88. The number of nitrogens with one attached hydrogen (secondary N) is 1. The van der Waals surface area contributed by atoms with E-state index in [2.05, 4.69) is 12.2 Å². The van der Waals surface area contributed by atoms with Crippen molar-refractivity contribution in [1.82, 2.24) is 10.2 Å². The fourth-order valence-corrected chi connectivity index (χ4v) is 3.88. The largest absolute Gasteiger partial charge is 0.354 e. The molecule has 4 heteroatoms. The van der Waals surface area contributed by atoms with E-state index in [-0.39, 0.29) is 11.8 Å². The van der Waals surface area contributed by atoms with Crippen LogP contribution in [0.5, 0.6) is 0 Å². The van der Waals surface area contributed by atoms with E-state index < -0.39 is 6.04 Å². The molecule has 0 aromatic heterocycles. The summed E-state index contributed by atoms with van der Waals surface area (Å²) in [5.41, 5.74) is 3.18. The summed E-state index contributed by atoms with van der Waals surface area (Å²) in [6.07, 6.45) is 3.44. The van der Waals surface area contributed by atoms with E-state index in [0.717, 1.165) is 29.5 Å². The normalized spacial score (nSPS) is 11.5. The van der Waals surface area contributed by atoms with Gasteiger partial charge in [-0.3, -0.25) is 9.59 Å². The Labute approximate surface area is 197 Å². The van der Waals surface area contributed by atoms with Crippen LogP contribution in [0, 0.1) is 0 Å². The lowest BCUT2D eigenvalue weighted by Gasteiger charge is -2.31. The molecule has 2 amide bonds. The zero-order chi connectivity index (χ0) is 23.3. The zero-order valence-electron chi connectivity index (χ0n) is 19.5. The predicted molar refractivity (Wildman–Crippen MR) is 134 cm³/mol. The average Bonchev–Trinajstić information content (AvgIpc) is 2.86. The molecule has 0 spiro atoms. The number of aryl methyl sites for hydroxylation is 1. The second-order valence-electron chi connectivity index (χ2n) is 8.34. The van der Waals surface area contributed by atoms with Crippen molar-refractivity contribution in [3.05, 3.63) is 108 Å². The Kier molecular flexibility index (Phi) is 9.71. The monoisotopic (exact) mass is 442 g/mol. The molecule has 3 rings (SSSR count). The molecule has 1 N–H and O–H groups in total. The van der Waals surface area contributed by atoms with Crippen molar-refractivity contribution in [3.63, 3.8) is 0 Å². The number of amides is 2. The summed E-state index contributed by atoms with van der Waals surface area (Å²) >= 11 is 0. The number of unbranched alkanes of at least 4 members (excludes halogenated alkanes) is 1. The van der Waals surface area contributed by atoms with Crippen LogP contribution in [0.25, 0.3) is 0 Å². The molecule has 0 radical (unpaired) electrons. The van der Waals surface area contributed by atoms with Gasteiger partial charge in [0.2, 0.25) is 11.8 Å². The van der Waals surface area contributed by atoms with Crippen LogP contribution in [-0.4, -0.2) is 29.3 Å². The van der Waals surface area contributed by atoms with Gasteiger partial charge in [-0.05, 0) is 29.5 Å². The molecular formula is C29H34N2O2. The third-order valence-electron chi connectivity index (χ3n) is 5.77. The molecule has 172 valence electrons. The van der Waals surface area contributed by atoms with Crippen LogP contribution in [0.2, 0.25) is 0 Å². The third-order valence-corrected chi connectivity index (χ3v) is 5.77. The molecule has 33 heavy (non-hydrogen) atoms. The molecule has 0 fully saturated rings.